The van der Waals surface area contributed by atoms with Gasteiger partial charge in [-0.1, -0.05) is 13.8 Å². The molecular weight excluding hydrogens is 229 g/mol. The van der Waals surface area contributed by atoms with E-state index in [1.165, 1.54) is 18.5 Å². The summed E-state index contributed by atoms with van der Waals surface area (Å²) in [6, 6.07) is 4.68. The number of aromatic nitrogens is 2. The first kappa shape index (κ1) is 12.7. The number of hydrogen-bond donors (Lipinski definition) is 0. The van der Waals surface area contributed by atoms with E-state index in [1.54, 1.807) is 6.07 Å². The van der Waals surface area contributed by atoms with E-state index >= 15 is 0 Å². The van der Waals surface area contributed by atoms with Crippen LogP contribution in [0.25, 0.3) is 10.9 Å². The van der Waals surface area contributed by atoms with E-state index in [1.807, 2.05) is 0 Å². The molecule has 0 fully saturated rings. The van der Waals surface area contributed by atoms with Gasteiger partial charge in [-0.25, -0.2) is 14.4 Å². The zero-order valence-corrected chi connectivity index (χ0v) is 10.9. The van der Waals surface area contributed by atoms with Crippen LogP contribution in [0.3, 0.4) is 0 Å². The average molecular weight is 247 g/mol. The lowest BCUT2D eigenvalue weighted by atomic mass is 10.2. The first-order chi connectivity index (χ1) is 8.76. The van der Waals surface area contributed by atoms with E-state index in [-0.39, 0.29) is 5.82 Å². The minimum atomic E-state index is -0.260. The molecule has 1 aromatic heterocycles. The smallest absolute Gasteiger partial charge is 0.139 e. The summed E-state index contributed by atoms with van der Waals surface area (Å²) in [5.41, 5.74) is 0.664. The predicted molar refractivity (Wildman–Crippen MR) is 72.3 cm³/mol. The lowest BCUT2D eigenvalue weighted by Gasteiger charge is -2.23. The van der Waals surface area contributed by atoms with Gasteiger partial charge in [0.25, 0.3) is 0 Å². The summed E-state index contributed by atoms with van der Waals surface area (Å²) in [5.74, 6) is 0.647. The maximum Gasteiger partial charge on any atom is 0.139 e. The van der Waals surface area contributed by atoms with Crippen molar-refractivity contribution in [1.29, 1.82) is 0 Å². The highest BCUT2D eigenvalue weighted by atomic mass is 19.1. The monoisotopic (exact) mass is 247 g/mol. The largest absolute Gasteiger partial charge is 0.356 e. The van der Waals surface area contributed by atoms with Crippen molar-refractivity contribution in [2.45, 2.75) is 26.7 Å². The SMILES string of the molecule is CCCN(CCC)c1ncnc2cc(F)ccc12. The summed E-state index contributed by atoms with van der Waals surface area (Å²) in [6.45, 7) is 6.20. The molecule has 0 unspecified atom stereocenters. The summed E-state index contributed by atoms with van der Waals surface area (Å²) >= 11 is 0. The number of hydrogen-bond acceptors (Lipinski definition) is 3. The zero-order valence-electron chi connectivity index (χ0n) is 10.9. The quantitative estimate of drug-likeness (QED) is 0.811. The number of anilines is 1. The Morgan fingerprint density at radius 3 is 2.50 bits per heavy atom. The van der Waals surface area contributed by atoms with Crippen LogP contribution in [0.15, 0.2) is 24.5 Å². The molecule has 0 radical (unpaired) electrons. The molecule has 1 aromatic carbocycles. The third-order valence-corrected chi connectivity index (χ3v) is 2.86. The molecule has 18 heavy (non-hydrogen) atoms. The Hall–Kier alpha value is -1.71. The van der Waals surface area contributed by atoms with Crippen LogP contribution in [0.4, 0.5) is 10.2 Å². The fourth-order valence-corrected chi connectivity index (χ4v) is 2.13. The first-order valence-corrected chi connectivity index (χ1v) is 6.41. The highest BCUT2D eigenvalue weighted by Gasteiger charge is 2.11. The number of benzene rings is 1. The van der Waals surface area contributed by atoms with Gasteiger partial charge in [0.05, 0.1) is 5.52 Å². The molecule has 4 heteroatoms. The number of fused-ring (bicyclic) bond motifs is 1. The second-order valence-corrected chi connectivity index (χ2v) is 4.35. The molecule has 0 saturated heterocycles. The second kappa shape index (κ2) is 5.76. The van der Waals surface area contributed by atoms with E-state index < -0.39 is 0 Å². The Bertz CT molecular complexity index is 521. The van der Waals surface area contributed by atoms with Gasteiger partial charge >= 0.3 is 0 Å². The summed E-state index contributed by atoms with van der Waals surface area (Å²) in [7, 11) is 0. The van der Waals surface area contributed by atoms with E-state index in [0.717, 1.165) is 37.1 Å². The van der Waals surface area contributed by atoms with Crippen LogP contribution in [0, 0.1) is 5.82 Å². The van der Waals surface area contributed by atoms with Gasteiger partial charge in [0.2, 0.25) is 0 Å². The summed E-state index contributed by atoms with van der Waals surface area (Å²) in [5, 5.41) is 0.917. The Labute approximate surface area is 107 Å². The molecule has 1 heterocycles. The summed E-state index contributed by atoms with van der Waals surface area (Å²) in [4.78, 5) is 10.7. The maximum absolute atomic E-state index is 13.2. The van der Waals surface area contributed by atoms with Crippen LogP contribution < -0.4 is 4.90 Å². The van der Waals surface area contributed by atoms with Gasteiger partial charge < -0.3 is 4.90 Å². The molecule has 0 aliphatic heterocycles. The van der Waals surface area contributed by atoms with Crippen molar-refractivity contribution in [2.24, 2.45) is 0 Å². The van der Waals surface area contributed by atoms with Gasteiger partial charge in [-0.3, -0.25) is 0 Å². The molecule has 0 amide bonds. The van der Waals surface area contributed by atoms with Gasteiger partial charge in [-0.2, -0.15) is 0 Å². The zero-order chi connectivity index (χ0) is 13.0. The molecule has 0 aliphatic carbocycles. The Morgan fingerprint density at radius 1 is 1.11 bits per heavy atom. The van der Waals surface area contributed by atoms with Crippen LogP contribution >= 0.6 is 0 Å². The molecule has 3 nitrogen and oxygen atoms in total. The maximum atomic E-state index is 13.2. The highest BCUT2D eigenvalue weighted by molar-refractivity contribution is 5.89. The standard InChI is InChI=1S/C14H18FN3/c1-3-7-18(8-4-2)14-12-6-5-11(15)9-13(12)16-10-17-14/h5-6,9-10H,3-4,7-8H2,1-2H3. The van der Waals surface area contributed by atoms with E-state index in [4.69, 9.17) is 0 Å². The number of nitrogens with zero attached hydrogens (tertiary/aromatic N) is 3. The van der Waals surface area contributed by atoms with Gasteiger partial charge in [0.1, 0.15) is 18.0 Å². The van der Waals surface area contributed by atoms with E-state index in [9.17, 15) is 4.39 Å². The summed E-state index contributed by atoms with van der Waals surface area (Å²) < 4.78 is 13.2. The van der Waals surface area contributed by atoms with Crippen LogP contribution in [0.2, 0.25) is 0 Å². The van der Waals surface area contributed by atoms with Crippen molar-refractivity contribution in [1.82, 2.24) is 9.97 Å². The Morgan fingerprint density at radius 2 is 1.83 bits per heavy atom. The minimum absolute atomic E-state index is 0.260. The Kier molecular flexibility index (Phi) is 4.07. The van der Waals surface area contributed by atoms with Gasteiger partial charge in [-0.15, -0.1) is 0 Å². The number of halogens is 1. The molecule has 2 rings (SSSR count). The molecule has 2 aromatic rings. The van der Waals surface area contributed by atoms with Crippen LogP contribution in [-0.2, 0) is 0 Å². The van der Waals surface area contributed by atoms with Crippen molar-refractivity contribution in [3.8, 4) is 0 Å². The second-order valence-electron chi connectivity index (χ2n) is 4.35. The van der Waals surface area contributed by atoms with Gasteiger partial charge in [0, 0.05) is 24.5 Å². The summed E-state index contributed by atoms with van der Waals surface area (Å²) in [6.07, 6.45) is 3.63. The minimum Gasteiger partial charge on any atom is -0.356 e. The lowest BCUT2D eigenvalue weighted by molar-refractivity contribution is 0.629. The molecule has 0 atom stereocenters. The normalized spacial score (nSPS) is 10.8. The van der Waals surface area contributed by atoms with Crippen molar-refractivity contribution in [3.63, 3.8) is 0 Å². The van der Waals surface area contributed by atoms with Crippen molar-refractivity contribution < 1.29 is 4.39 Å². The molecule has 0 aliphatic rings. The molecular formula is C14H18FN3. The third-order valence-electron chi connectivity index (χ3n) is 2.86. The fourth-order valence-electron chi connectivity index (χ4n) is 2.13. The fraction of sp³-hybridized carbons (Fsp3) is 0.429. The first-order valence-electron chi connectivity index (χ1n) is 6.41. The predicted octanol–water partition coefficient (Wildman–Crippen LogP) is 3.40. The molecule has 0 bridgehead atoms. The van der Waals surface area contributed by atoms with Crippen LogP contribution in [0.1, 0.15) is 26.7 Å². The molecule has 96 valence electrons. The van der Waals surface area contributed by atoms with E-state index in [2.05, 4.69) is 28.7 Å². The van der Waals surface area contributed by atoms with Crippen molar-refractivity contribution in [3.05, 3.63) is 30.3 Å². The van der Waals surface area contributed by atoms with Gasteiger partial charge in [-0.05, 0) is 25.0 Å². The van der Waals surface area contributed by atoms with Gasteiger partial charge in [0.15, 0.2) is 0 Å². The van der Waals surface area contributed by atoms with Crippen LogP contribution in [-0.4, -0.2) is 23.1 Å². The molecule has 0 saturated carbocycles. The highest BCUT2D eigenvalue weighted by Crippen LogP contribution is 2.23. The van der Waals surface area contributed by atoms with Crippen molar-refractivity contribution >= 4 is 16.7 Å². The Balaban J connectivity index is 2.48. The third kappa shape index (κ3) is 2.58. The van der Waals surface area contributed by atoms with Crippen LogP contribution in [0.5, 0.6) is 0 Å². The molecule has 0 N–H and O–H groups in total. The average Bonchev–Trinajstić information content (AvgIpc) is 2.37. The lowest BCUT2D eigenvalue weighted by Crippen LogP contribution is -2.26. The topological polar surface area (TPSA) is 29.0 Å². The van der Waals surface area contributed by atoms with E-state index in [0.29, 0.717) is 5.52 Å². The van der Waals surface area contributed by atoms with Crippen molar-refractivity contribution in [2.75, 3.05) is 18.0 Å². The number of rotatable bonds is 5. The molecule has 0 spiro atoms.